The zero-order valence-electron chi connectivity index (χ0n) is 13.4. The van der Waals surface area contributed by atoms with Gasteiger partial charge in [-0.2, -0.15) is 0 Å². The summed E-state index contributed by atoms with van der Waals surface area (Å²) in [7, 11) is 0. The third-order valence-corrected chi connectivity index (χ3v) is 5.85. The minimum absolute atomic E-state index is 0.0340. The highest BCUT2D eigenvalue weighted by atomic mass is 79.9. The van der Waals surface area contributed by atoms with Crippen molar-refractivity contribution >= 4 is 55.3 Å². The van der Waals surface area contributed by atoms with Crippen molar-refractivity contribution in [2.75, 3.05) is 11.9 Å². The molecule has 1 saturated heterocycles. The molecule has 134 valence electrons. The average molecular weight is 476 g/mol. The Labute approximate surface area is 161 Å². The van der Waals surface area contributed by atoms with Crippen molar-refractivity contribution in [1.82, 2.24) is 4.90 Å². The third-order valence-electron chi connectivity index (χ3n) is 4.77. The number of hydrogen-bond donors (Lipinski definition) is 1. The molecule has 0 spiro atoms. The number of halogens is 3. The molecule has 0 radical (unpaired) electrons. The first kappa shape index (κ1) is 18.5. The monoisotopic (exact) mass is 474 g/mol. The van der Waals surface area contributed by atoms with Crippen molar-refractivity contribution in [3.8, 4) is 0 Å². The molecule has 2 unspecified atom stereocenters. The van der Waals surface area contributed by atoms with Crippen LogP contribution < -0.4 is 5.32 Å². The fraction of sp³-hybridized carbons (Fsp3) is 0.471. The summed E-state index contributed by atoms with van der Waals surface area (Å²) >= 11 is 6.37. The highest BCUT2D eigenvalue weighted by Gasteiger charge is 2.47. The molecule has 2 aliphatic rings. The van der Waals surface area contributed by atoms with Crippen LogP contribution in [0.25, 0.3) is 0 Å². The van der Waals surface area contributed by atoms with E-state index in [4.69, 9.17) is 0 Å². The summed E-state index contributed by atoms with van der Waals surface area (Å²) in [6.07, 6.45) is 3.36. The van der Waals surface area contributed by atoms with Gasteiger partial charge in [-0.3, -0.25) is 19.3 Å². The predicted octanol–water partition coefficient (Wildman–Crippen LogP) is 3.85. The van der Waals surface area contributed by atoms with E-state index in [0.717, 1.165) is 25.7 Å². The van der Waals surface area contributed by atoms with Crippen LogP contribution in [0.4, 0.5) is 10.1 Å². The lowest BCUT2D eigenvalue weighted by Crippen LogP contribution is -2.34. The summed E-state index contributed by atoms with van der Waals surface area (Å²) < 4.78 is 14.9. The van der Waals surface area contributed by atoms with Gasteiger partial charge in [-0.1, -0.05) is 28.8 Å². The van der Waals surface area contributed by atoms with Crippen LogP contribution in [0.1, 0.15) is 32.1 Å². The van der Waals surface area contributed by atoms with Crippen LogP contribution in [0.5, 0.6) is 0 Å². The van der Waals surface area contributed by atoms with Crippen LogP contribution >= 0.6 is 31.9 Å². The molecular formula is C17H17Br2FN2O3. The Hall–Kier alpha value is -1.28. The maximum atomic E-state index is 13.9. The summed E-state index contributed by atoms with van der Waals surface area (Å²) in [5, 5.41) is 2.49. The third kappa shape index (κ3) is 3.79. The molecule has 3 rings (SSSR count). The molecule has 1 heterocycles. The van der Waals surface area contributed by atoms with Crippen molar-refractivity contribution in [3.63, 3.8) is 0 Å². The van der Waals surface area contributed by atoms with Gasteiger partial charge in [0.15, 0.2) is 0 Å². The Morgan fingerprint density at radius 3 is 2.32 bits per heavy atom. The predicted molar refractivity (Wildman–Crippen MR) is 97.2 cm³/mol. The molecule has 8 heteroatoms. The van der Waals surface area contributed by atoms with E-state index in [2.05, 4.69) is 37.2 Å². The molecule has 0 bridgehead atoms. The second-order valence-electron chi connectivity index (χ2n) is 6.37. The molecule has 2 fully saturated rings. The fourth-order valence-corrected chi connectivity index (χ4v) is 4.80. The summed E-state index contributed by atoms with van der Waals surface area (Å²) in [5.41, 5.74) is 0.0425. The number of rotatable bonds is 4. The normalized spacial score (nSPS) is 22.9. The molecule has 0 aromatic heterocycles. The molecular weight excluding hydrogens is 459 g/mol. The number of imide groups is 1. The van der Waals surface area contributed by atoms with Crippen LogP contribution in [0.15, 0.2) is 21.1 Å². The van der Waals surface area contributed by atoms with Crippen molar-refractivity contribution in [2.45, 2.75) is 32.1 Å². The number of likely N-dealkylation sites (tertiary alicyclic amines) is 1. The van der Waals surface area contributed by atoms with E-state index in [0.29, 0.717) is 8.95 Å². The molecule has 1 N–H and O–H groups in total. The van der Waals surface area contributed by atoms with Gasteiger partial charge in [0.1, 0.15) is 5.82 Å². The van der Waals surface area contributed by atoms with Crippen molar-refractivity contribution in [1.29, 1.82) is 0 Å². The number of carbonyl (C=O) groups excluding carboxylic acids is 3. The zero-order valence-corrected chi connectivity index (χ0v) is 16.5. The van der Waals surface area contributed by atoms with Crippen LogP contribution in [0.3, 0.4) is 0 Å². The number of fused-ring (bicyclic) bond motifs is 1. The van der Waals surface area contributed by atoms with Gasteiger partial charge < -0.3 is 5.32 Å². The Bertz CT molecular complexity index is 694. The summed E-state index contributed by atoms with van der Waals surface area (Å²) in [5.74, 6) is -1.80. The number of hydrogen-bond acceptors (Lipinski definition) is 3. The maximum Gasteiger partial charge on any atom is 0.233 e. The minimum atomic E-state index is -0.575. The minimum Gasteiger partial charge on any atom is -0.323 e. The van der Waals surface area contributed by atoms with Gasteiger partial charge >= 0.3 is 0 Å². The first-order valence-corrected chi connectivity index (χ1v) is 9.76. The van der Waals surface area contributed by atoms with Crippen LogP contribution in [-0.2, 0) is 14.4 Å². The number of nitrogens with one attached hydrogen (secondary N) is 1. The summed E-state index contributed by atoms with van der Waals surface area (Å²) in [4.78, 5) is 38.1. The maximum absolute atomic E-state index is 13.9. The van der Waals surface area contributed by atoms with Crippen molar-refractivity contribution in [2.24, 2.45) is 11.8 Å². The second kappa shape index (κ2) is 7.53. The molecule has 1 aliphatic heterocycles. The Kier molecular flexibility index (Phi) is 5.58. The van der Waals surface area contributed by atoms with Gasteiger partial charge in [0, 0.05) is 21.9 Å². The van der Waals surface area contributed by atoms with Gasteiger partial charge in [0.25, 0.3) is 0 Å². The quantitative estimate of drug-likeness (QED) is 0.672. The second-order valence-corrected chi connectivity index (χ2v) is 8.14. The molecule has 2 atom stereocenters. The van der Waals surface area contributed by atoms with E-state index in [1.54, 1.807) is 6.07 Å². The van der Waals surface area contributed by atoms with E-state index in [9.17, 15) is 18.8 Å². The molecule has 1 aromatic rings. The highest BCUT2D eigenvalue weighted by molar-refractivity contribution is 9.11. The standard InChI is InChI=1S/C17H17Br2FN2O3/c18-9-7-12(19)15(13(20)8-9)21-14(23)5-6-22-16(24)10-3-1-2-4-11(10)17(22)25/h7-8,10-11H,1-6H2,(H,21,23). The molecule has 1 aliphatic carbocycles. The Morgan fingerprint density at radius 1 is 1.16 bits per heavy atom. The molecule has 25 heavy (non-hydrogen) atoms. The molecule has 5 nitrogen and oxygen atoms in total. The van der Waals surface area contributed by atoms with Gasteiger partial charge in [-0.25, -0.2) is 4.39 Å². The Morgan fingerprint density at radius 2 is 1.76 bits per heavy atom. The van der Waals surface area contributed by atoms with E-state index in [1.807, 2.05) is 0 Å². The largest absolute Gasteiger partial charge is 0.323 e. The number of benzene rings is 1. The molecule has 1 saturated carbocycles. The lowest BCUT2D eigenvalue weighted by Gasteiger charge is -2.19. The van der Waals surface area contributed by atoms with Crippen LogP contribution in [0.2, 0.25) is 0 Å². The summed E-state index contributed by atoms with van der Waals surface area (Å²) in [6, 6.07) is 2.87. The molecule has 1 aromatic carbocycles. The van der Waals surface area contributed by atoms with Gasteiger partial charge in [-0.15, -0.1) is 0 Å². The average Bonchev–Trinajstić information content (AvgIpc) is 2.81. The SMILES string of the molecule is O=C(CCN1C(=O)C2CCCCC2C1=O)Nc1c(F)cc(Br)cc1Br. The van der Waals surface area contributed by atoms with E-state index in [1.165, 1.54) is 11.0 Å². The van der Waals surface area contributed by atoms with Crippen LogP contribution in [0, 0.1) is 17.7 Å². The zero-order chi connectivity index (χ0) is 18.1. The smallest absolute Gasteiger partial charge is 0.233 e. The van der Waals surface area contributed by atoms with Gasteiger partial charge in [0.2, 0.25) is 17.7 Å². The lowest BCUT2D eigenvalue weighted by atomic mass is 9.81. The van der Waals surface area contributed by atoms with E-state index < -0.39 is 11.7 Å². The van der Waals surface area contributed by atoms with Gasteiger partial charge in [0.05, 0.1) is 17.5 Å². The first-order chi connectivity index (χ1) is 11.9. The van der Waals surface area contributed by atoms with Gasteiger partial charge in [-0.05, 0) is 40.9 Å². The summed E-state index contributed by atoms with van der Waals surface area (Å²) in [6.45, 7) is 0.0340. The number of nitrogens with zero attached hydrogens (tertiary/aromatic N) is 1. The topological polar surface area (TPSA) is 66.5 Å². The Balaban J connectivity index is 1.61. The number of carbonyl (C=O) groups is 3. The van der Waals surface area contributed by atoms with E-state index in [-0.39, 0.29) is 42.3 Å². The first-order valence-electron chi connectivity index (χ1n) is 8.18. The number of amides is 3. The van der Waals surface area contributed by atoms with Crippen LogP contribution in [-0.4, -0.2) is 29.2 Å². The van der Waals surface area contributed by atoms with Crippen molar-refractivity contribution in [3.05, 3.63) is 26.9 Å². The van der Waals surface area contributed by atoms with Crippen molar-refractivity contribution < 1.29 is 18.8 Å². The number of anilines is 1. The molecule has 3 amide bonds. The van der Waals surface area contributed by atoms with E-state index >= 15 is 0 Å². The highest BCUT2D eigenvalue weighted by Crippen LogP contribution is 2.38. The fourth-order valence-electron chi connectivity index (χ4n) is 3.53. The lowest BCUT2D eigenvalue weighted by molar-refractivity contribution is -0.140.